The summed E-state index contributed by atoms with van der Waals surface area (Å²) in [5.74, 6) is -0.947. The number of aliphatic hydroxyl groups is 2. The molecule has 2 rings (SSSR count). The number of esters is 1. The van der Waals surface area contributed by atoms with Crippen LogP contribution in [0.1, 0.15) is 6.42 Å². The van der Waals surface area contributed by atoms with Gasteiger partial charge in [0.2, 0.25) is 6.29 Å². The van der Waals surface area contributed by atoms with E-state index in [1.54, 1.807) is 0 Å². The van der Waals surface area contributed by atoms with E-state index in [-0.39, 0.29) is 18.4 Å². The summed E-state index contributed by atoms with van der Waals surface area (Å²) in [7, 11) is 1.30. The quantitative estimate of drug-likeness (QED) is 0.510. The lowest BCUT2D eigenvalue weighted by atomic mass is 9.83. The van der Waals surface area contributed by atoms with Crippen LogP contribution in [0.5, 0.6) is 0 Å². The molecule has 0 spiro atoms. The van der Waals surface area contributed by atoms with Crippen LogP contribution in [-0.2, 0) is 14.3 Å². The van der Waals surface area contributed by atoms with Gasteiger partial charge in [-0.05, 0) is 12.0 Å². The first kappa shape index (κ1) is 11.2. The standard InChI is InChI=1S/C11H14O5/c1-15-10(13)8-5-16-11(14)9-6(4-12)2-3-7(8)9/h2,5,7,9,11-12,14H,3-4H2,1H3/t7-,9+,11-/m1/s1. The summed E-state index contributed by atoms with van der Waals surface area (Å²) in [5.41, 5.74) is 1.13. The van der Waals surface area contributed by atoms with Crippen LogP contribution in [0.2, 0.25) is 0 Å². The van der Waals surface area contributed by atoms with Crippen molar-refractivity contribution in [2.24, 2.45) is 11.8 Å². The molecule has 3 atom stereocenters. The normalized spacial score (nSPS) is 32.3. The maximum absolute atomic E-state index is 11.5. The van der Waals surface area contributed by atoms with Crippen LogP contribution >= 0.6 is 0 Å². The Kier molecular flexibility index (Phi) is 2.98. The number of carbonyl (C=O) groups excluding carboxylic acids is 1. The minimum atomic E-state index is -1.00. The van der Waals surface area contributed by atoms with Crippen molar-refractivity contribution in [1.82, 2.24) is 0 Å². The first-order valence-electron chi connectivity index (χ1n) is 5.10. The van der Waals surface area contributed by atoms with Gasteiger partial charge in [-0.25, -0.2) is 4.79 Å². The summed E-state index contributed by atoms with van der Waals surface area (Å²) in [6.07, 6.45) is 2.71. The number of methoxy groups -OCH3 is 1. The number of aliphatic hydroxyl groups excluding tert-OH is 2. The van der Waals surface area contributed by atoms with E-state index in [4.69, 9.17) is 9.84 Å². The second-order valence-corrected chi connectivity index (χ2v) is 3.90. The highest BCUT2D eigenvalue weighted by molar-refractivity contribution is 5.89. The van der Waals surface area contributed by atoms with Crippen LogP contribution in [-0.4, -0.2) is 36.2 Å². The zero-order valence-electron chi connectivity index (χ0n) is 8.92. The van der Waals surface area contributed by atoms with E-state index in [9.17, 15) is 9.90 Å². The molecule has 1 heterocycles. The van der Waals surface area contributed by atoms with E-state index in [2.05, 4.69) is 4.74 Å². The molecule has 0 bridgehead atoms. The lowest BCUT2D eigenvalue weighted by Gasteiger charge is -2.31. The zero-order valence-corrected chi connectivity index (χ0v) is 8.92. The van der Waals surface area contributed by atoms with E-state index < -0.39 is 12.3 Å². The average Bonchev–Trinajstić information content (AvgIpc) is 2.73. The van der Waals surface area contributed by atoms with Crippen LogP contribution in [0.4, 0.5) is 0 Å². The molecule has 5 heteroatoms. The van der Waals surface area contributed by atoms with Gasteiger partial charge in [0, 0.05) is 5.92 Å². The van der Waals surface area contributed by atoms with Crippen molar-refractivity contribution in [3.63, 3.8) is 0 Å². The fourth-order valence-electron chi connectivity index (χ4n) is 2.32. The van der Waals surface area contributed by atoms with Gasteiger partial charge in [-0.1, -0.05) is 6.08 Å². The molecule has 2 aliphatic rings. The molecule has 0 saturated carbocycles. The molecular formula is C11H14O5. The van der Waals surface area contributed by atoms with E-state index in [0.29, 0.717) is 17.6 Å². The lowest BCUT2D eigenvalue weighted by Crippen LogP contribution is -2.35. The third-order valence-corrected chi connectivity index (χ3v) is 3.14. The Morgan fingerprint density at radius 3 is 3.06 bits per heavy atom. The van der Waals surface area contributed by atoms with Crippen molar-refractivity contribution < 1.29 is 24.5 Å². The Labute approximate surface area is 93.0 Å². The zero-order chi connectivity index (χ0) is 11.7. The number of carbonyl (C=O) groups is 1. The van der Waals surface area contributed by atoms with Crippen LogP contribution in [0, 0.1) is 11.8 Å². The van der Waals surface area contributed by atoms with Gasteiger partial charge in [-0.2, -0.15) is 0 Å². The molecule has 5 nitrogen and oxygen atoms in total. The van der Waals surface area contributed by atoms with Crippen molar-refractivity contribution in [1.29, 1.82) is 0 Å². The highest BCUT2D eigenvalue weighted by Gasteiger charge is 2.43. The number of allylic oxidation sites excluding steroid dienone is 1. The smallest absolute Gasteiger partial charge is 0.337 e. The summed E-state index contributed by atoms with van der Waals surface area (Å²) < 4.78 is 9.65. The topological polar surface area (TPSA) is 76.0 Å². The molecule has 2 N–H and O–H groups in total. The molecular weight excluding hydrogens is 212 g/mol. The van der Waals surface area contributed by atoms with Crippen LogP contribution < -0.4 is 0 Å². The van der Waals surface area contributed by atoms with Crippen molar-refractivity contribution >= 4 is 5.97 Å². The van der Waals surface area contributed by atoms with Gasteiger partial charge in [0.25, 0.3) is 0 Å². The molecule has 0 aromatic heterocycles. The molecule has 88 valence electrons. The number of fused-ring (bicyclic) bond motifs is 1. The molecule has 0 aromatic rings. The number of hydrogen-bond acceptors (Lipinski definition) is 5. The fourth-order valence-corrected chi connectivity index (χ4v) is 2.32. The third kappa shape index (κ3) is 1.62. The minimum absolute atomic E-state index is 0.129. The Morgan fingerprint density at radius 2 is 2.44 bits per heavy atom. The van der Waals surface area contributed by atoms with Gasteiger partial charge in [0.15, 0.2) is 0 Å². The van der Waals surface area contributed by atoms with Crippen molar-refractivity contribution in [3.8, 4) is 0 Å². The van der Waals surface area contributed by atoms with Gasteiger partial charge in [-0.3, -0.25) is 0 Å². The van der Waals surface area contributed by atoms with Crippen LogP contribution in [0.3, 0.4) is 0 Å². The molecule has 0 radical (unpaired) electrons. The van der Waals surface area contributed by atoms with Crippen molar-refractivity contribution in [2.75, 3.05) is 13.7 Å². The van der Waals surface area contributed by atoms with Gasteiger partial charge in [-0.15, -0.1) is 0 Å². The second kappa shape index (κ2) is 4.27. The van der Waals surface area contributed by atoms with E-state index in [1.165, 1.54) is 13.4 Å². The Morgan fingerprint density at radius 1 is 1.69 bits per heavy atom. The highest BCUT2D eigenvalue weighted by atomic mass is 16.6. The number of hydrogen-bond donors (Lipinski definition) is 2. The molecule has 1 aliphatic carbocycles. The molecule has 0 fully saturated rings. The number of ether oxygens (including phenoxy) is 2. The predicted molar refractivity (Wildman–Crippen MR) is 54.0 cm³/mol. The second-order valence-electron chi connectivity index (χ2n) is 3.90. The molecule has 0 aromatic carbocycles. The molecule has 0 unspecified atom stereocenters. The highest BCUT2D eigenvalue weighted by Crippen LogP contribution is 2.42. The Hall–Kier alpha value is -1.33. The van der Waals surface area contributed by atoms with Gasteiger partial charge < -0.3 is 19.7 Å². The molecule has 0 amide bonds. The maximum Gasteiger partial charge on any atom is 0.337 e. The molecule has 0 saturated heterocycles. The summed E-state index contributed by atoms with van der Waals surface area (Å²) >= 11 is 0. The monoisotopic (exact) mass is 226 g/mol. The predicted octanol–water partition coefficient (Wildman–Crippen LogP) is -0.0533. The SMILES string of the molecule is COC(=O)C1=CO[C@@H](O)[C@H]2C(CO)=CC[C@H]12. The van der Waals surface area contributed by atoms with Crippen molar-refractivity contribution in [3.05, 3.63) is 23.5 Å². The first-order valence-corrected chi connectivity index (χ1v) is 5.10. The van der Waals surface area contributed by atoms with E-state index >= 15 is 0 Å². The summed E-state index contributed by atoms with van der Waals surface area (Å²) in [5, 5.41) is 18.8. The van der Waals surface area contributed by atoms with Gasteiger partial charge in [0.05, 0.1) is 31.5 Å². The summed E-state index contributed by atoms with van der Waals surface area (Å²) in [6.45, 7) is -0.129. The lowest BCUT2D eigenvalue weighted by molar-refractivity contribution is -0.141. The molecule has 16 heavy (non-hydrogen) atoms. The van der Waals surface area contributed by atoms with Gasteiger partial charge in [0.1, 0.15) is 0 Å². The minimum Gasteiger partial charge on any atom is -0.472 e. The largest absolute Gasteiger partial charge is 0.472 e. The van der Waals surface area contributed by atoms with Gasteiger partial charge >= 0.3 is 5.97 Å². The van der Waals surface area contributed by atoms with Crippen molar-refractivity contribution in [2.45, 2.75) is 12.7 Å². The first-order chi connectivity index (χ1) is 7.69. The van der Waals surface area contributed by atoms with Crippen LogP contribution in [0.15, 0.2) is 23.5 Å². The van der Waals surface area contributed by atoms with Crippen LogP contribution in [0.25, 0.3) is 0 Å². The molecule has 1 aliphatic heterocycles. The summed E-state index contributed by atoms with van der Waals surface area (Å²) in [6, 6.07) is 0. The summed E-state index contributed by atoms with van der Waals surface area (Å²) in [4.78, 5) is 11.5. The Bertz CT molecular complexity index is 357. The van der Waals surface area contributed by atoms with E-state index in [0.717, 1.165) is 0 Å². The number of rotatable bonds is 2. The average molecular weight is 226 g/mol. The third-order valence-electron chi connectivity index (χ3n) is 3.14. The fraction of sp³-hybridized carbons (Fsp3) is 0.545. The maximum atomic E-state index is 11.5. The van der Waals surface area contributed by atoms with E-state index in [1.807, 2.05) is 6.08 Å². The Balaban J connectivity index is 2.26.